The second kappa shape index (κ2) is 6.24. The van der Waals surface area contributed by atoms with E-state index in [4.69, 9.17) is 11.6 Å². The van der Waals surface area contributed by atoms with Crippen LogP contribution in [0.1, 0.15) is 11.1 Å². The van der Waals surface area contributed by atoms with Crippen LogP contribution in [0, 0.1) is 6.92 Å². The zero-order valence-corrected chi connectivity index (χ0v) is 13.0. The minimum atomic E-state index is 0.640. The summed E-state index contributed by atoms with van der Waals surface area (Å²) < 4.78 is 0. The number of rotatable bonds is 2. The molecule has 1 aliphatic rings. The number of aliphatic imine (C=N–C) groups is 1. The van der Waals surface area contributed by atoms with Gasteiger partial charge in [-0.3, -0.25) is 10.9 Å². The Bertz CT molecular complexity index is 708. The summed E-state index contributed by atoms with van der Waals surface area (Å²) in [6, 6.07) is 15.9. The summed E-state index contributed by atoms with van der Waals surface area (Å²) in [4.78, 5) is 4.49. The lowest BCUT2D eigenvalue weighted by molar-refractivity contribution is 0.848. The summed E-state index contributed by atoms with van der Waals surface area (Å²) >= 11 is 7.63. The van der Waals surface area contributed by atoms with E-state index in [0.29, 0.717) is 5.02 Å². The Morgan fingerprint density at radius 3 is 2.43 bits per heavy atom. The first-order valence-corrected chi connectivity index (χ1v) is 7.77. The van der Waals surface area contributed by atoms with E-state index in [0.717, 1.165) is 22.1 Å². The van der Waals surface area contributed by atoms with E-state index < -0.39 is 0 Å². The molecular formula is C16H14ClN3S. The molecule has 1 aliphatic heterocycles. The number of benzene rings is 2. The molecule has 0 saturated heterocycles. The number of nitrogens with one attached hydrogen (secondary N) is 2. The highest BCUT2D eigenvalue weighted by Crippen LogP contribution is 2.27. The van der Waals surface area contributed by atoms with Crippen LogP contribution in [0.4, 0.5) is 5.69 Å². The molecule has 2 N–H and O–H groups in total. The van der Waals surface area contributed by atoms with Gasteiger partial charge < -0.3 is 0 Å². The molecule has 0 radical (unpaired) electrons. The van der Waals surface area contributed by atoms with E-state index in [2.05, 4.69) is 47.0 Å². The molecule has 0 aromatic heterocycles. The van der Waals surface area contributed by atoms with Gasteiger partial charge in [0.15, 0.2) is 5.17 Å². The van der Waals surface area contributed by atoms with Crippen molar-refractivity contribution in [1.82, 2.24) is 10.9 Å². The van der Waals surface area contributed by atoms with E-state index in [1.807, 2.05) is 29.7 Å². The number of hydrazine groups is 1. The molecule has 1 heterocycles. The Morgan fingerprint density at radius 1 is 1.00 bits per heavy atom. The monoisotopic (exact) mass is 315 g/mol. The molecule has 0 bridgehead atoms. The van der Waals surface area contributed by atoms with Gasteiger partial charge in [0.25, 0.3) is 0 Å². The fourth-order valence-corrected chi connectivity index (χ4v) is 2.74. The maximum Gasteiger partial charge on any atom is 0.184 e. The van der Waals surface area contributed by atoms with Crippen molar-refractivity contribution in [1.29, 1.82) is 0 Å². The third kappa shape index (κ3) is 3.40. The van der Waals surface area contributed by atoms with Gasteiger partial charge in [0, 0.05) is 5.41 Å². The summed E-state index contributed by atoms with van der Waals surface area (Å²) in [6.07, 6.45) is 0. The summed E-state index contributed by atoms with van der Waals surface area (Å²) in [7, 11) is 0. The van der Waals surface area contributed by atoms with E-state index in [9.17, 15) is 0 Å². The zero-order valence-electron chi connectivity index (χ0n) is 11.4. The fraction of sp³-hybridized carbons (Fsp3) is 0.0625. The van der Waals surface area contributed by atoms with Crippen LogP contribution in [0.2, 0.25) is 5.02 Å². The smallest absolute Gasteiger partial charge is 0.184 e. The highest BCUT2D eigenvalue weighted by atomic mass is 35.5. The van der Waals surface area contributed by atoms with Crippen molar-refractivity contribution in [3.05, 3.63) is 70.1 Å². The van der Waals surface area contributed by atoms with Crippen LogP contribution < -0.4 is 10.9 Å². The molecule has 106 valence electrons. The van der Waals surface area contributed by atoms with Gasteiger partial charge in [0.1, 0.15) is 0 Å². The lowest BCUT2D eigenvalue weighted by Crippen LogP contribution is -2.36. The number of para-hydroxylation sites is 1. The van der Waals surface area contributed by atoms with Crippen LogP contribution in [0.5, 0.6) is 0 Å². The number of aryl methyl sites for hydroxylation is 1. The molecule has 0 aliphatic carbocycles. The number of nitrogens with zero attached hydrogens (tertiary/aromatic N) is 1. The summed E-state index contributed by atoms with van der Waals surface area (Å²) in [5.41, 5.74) is 10.4. The second-order valence-electron chi connectivity index (χ2n) is 4.63. The quantitative estimate of drug-likeness (QED) is 0.858. The normalized spacial score (nSPS) is 16.1. The van der Waals surface area contributed by atoms with Crippen molar-refractivity contribution in [3.8, 4) is 0 Å². The minimum absolute atomic E-state index is 0.640. The van der Waals surface area contributed by atoms with Gasteiger partial charge in [-0.1, -0.05) is 65.3 Å². The second-order valence-corrected chi connectivity index (χ2v) is 5.90. The largest absolute Gasteiger partial charge is 0.298 e. The summed E-state index contributed by atoms with van der Waals surface area (Å²) in [5, 5.41) is 3.44. The Hall–Kier alpha value is -1.91. The Labute approximate surface area is 133 Å². The van der Waals surface area contributed by atoms with Gasteiger partial charge in [0.05, 0.1) is 16.4 Å². The first kappa shape index (κ1) is 14.0. The van der Waals surface area contributed by atoms with E-state index in [1.54, 1.807) is 0 Å². The standard InChI is InChI=1S/C16H14ClN3S/c1-11-6-8-12(9-7-11)15-10-21-16(20-19-15)18-14-5-3-2-4-13(14)17/h2-10,19H,1H3,(H,18,20). The van der Waals surface area contributed by atoms with Gasteiger partial charge in [-0.15, -0.1) is 0 Å². The van der Waals surface area contributed by atoms with E-state index in [-0.39, 0.29) is 0 Å². The van der Waals surface area contributed by atoms with E-state index >= 15 is 0 Å². The predicted molar refractivity (Wildman–Crippen MR) is 91.6 cm³/mol. The molecule has 0 atom stereocenters. The number of hydrogen-bond donors (Lipinski definition) is 2. The van der Waals surface area contributed by atoms with Crippen LogP contribution in [0.3, 0.4) is 0 Å². The number of hydrogen-bond acceptors (Lipinski definition) is 3. The fourth-order valence-electron chi connectivity index (χ4n) is 1.87. The Morgan fingerprint density at radius 2 is 1.76 bits per heavy atom. The van der Waals surface area contributed by atoms with Gasteiger partial charge in [-0.25, -0.2) is 4.99 Å². The van der Waals surface area contributed by atoms with Crippen molar-refractivity contribution < 1.29 is 0 Å². The first-order valence-electron chi connectivity index (χ1n) is 6.51. The highest BCUT2D eigenvalue weighted by Gasteiger charge is 2.10. The minimum Gasteiger partial charge on any atom is -0.298 e. The molecule has 5 heteroatoms. The molecular weight excluding hydrogens is 302 g/mol. The van der Waals surface area contributed by atoms with Gasteiger partial charge in [0.2, 0.25) is 0 Å². The van der Waals surface area contributed by atoms with Crippen molar-refractivity contribution in [2.75, 3.05) is 0 Å². The summed E-state index contributed by atoms with van der Waals surface area (Å²) in [6.45, 7) is 2.08. The third-order valence-corrected chi connectivity index (χ3v) is 4.12. The van der Waals surface area contributed by atoms with Crippen molar-refractivity contribution in [2.45, 2.75) is 6.92 Å². The molecule has 0 fully saturated rings. The topological polar surface area (TPSA) is 36.4 Å². The maximum atomic E-state index is 6.10. The summed E-state index contributed by atoms with van der Waals surface area (Å²) in [5.74, 6) is 0. The number of halogens is 1. The molecule has 0 saturated carbocycles. The molecule has 0 spiro atoms. The average Bonchev–Trinajstić information content (AvgIpc) is 2.51. The van der Waals surface area contributed by atoms with Crippen molar-refractivity contribution in [3.63, 3.8) is 0 Å². The van der Waals surface area contributed by atoms with Gasteiger partial charge in [-0.05, 0) is 24.6 Å². The molecule has 0 unspecified atom stereocenters. The van der Waals surface area contributed by atoms with Gasteiger partial charge in [-0.2, -0.15) is 0 Å². The number of thioether (sulfide) groups is 1. The molecule has 2 aromatic carbocycles. The molecule has 3 nitrogen and oxygen atoms in total. The van der Waals surface area contributed by atoms with Crippen LogP contribution in [-0.4, -0.2) is 5.17 Å². The maximum absolute atomic E-state index is 6.10. The Kier molecular flexibility index (Phi) is 4.18. The van der Waals surface area contributed by atoms with Crippen molar-refractivity contribution in [2.24, 2.45) is 4.99 Å². The predicted octanol–water partition coefficient (Wildman–Crippen LogP) is 4.48. The molecule has 21 heavy (non-hydrogen) atoms. The third-order valence-electron chi connectivity index (χ3n) is 3.03. The average molecular weight is 316 g/mol. The molecule has 3 rings (SSSR count). The highest BCUT2D eigenvalue weighted by molar-refractivity contribution is 8.16. The van der Waals surface area contributed by atoms with Crippen LogP contribution in [-0.2, 0) is 0 Å². The lowest BCUT2D eigenvalue weighted by atomic mass is 10.1. The van der Waals surface area contributed by atoms with Crippen molar-refractivity contribution >= 4 is 39.9 Å². The lowest BCUT2D eigenvalue weighted by Gasteiger charge is -2.19. The van der Waals surface area contributed by atoms with Gasteiger partial charge >= 0.3 is 0 Å². The van der Waals surface area contributed by atoms with Crippen LogP contribution >= 0.6 is 23.4 Å². The number of amidine groups is 1. The van der Waals surface area contributed by atoms with E-state index in [1.165, 1.54) is 17.3 Å². The zero-order chi connectivity index (χ0) is 14.7. The SMILES string of the molecule is Cc1ccc(C2=CSC(=Nc3ccccc3Cl)NN2)cc1. The van der Waals surface area contributed by atoms with Crippen LogP contribution in [0.15, 0.2) is 58.9 Å². The molecule has 2 aromatic rings. The van der Waals surface area contributed by atoms with Crippen LogP contribution in [0.25, 0.3) is 5.70 Å². The molecule has 0 amide bonds. The Balaban J connectivity index is 1.77. The first-order chi connectivity index (χ1) is 10.2.